The van der Waals surface area contributed by atoms with Crippen molar-refractivity contribution in [3.05, 3.63) is 52.3 Å². The highest BCUT2D eigenvalue weighted by Crippen LogP contribution is 2.31. The van der Waals surface area contributed by atoms with Crippen LogP contribution in [0.25, 0.3) is 11.5 Å². The molecule has 0 aliphatic heterocycles. The van der Waals surface area contributed by atoms with Crippen LogP contribution in [0.2, 0.25) is 0 Å². The lowest BCUT2D eigenvalue weighted by Gasteiger charge is -2.05. The molecule has 1 heterocycles. The van der Waals surface area contributed by atoms with Gasteiger partial charge in [0.25, 0.3) is 5.22 Å². The highest BCUT2D eigenvalue weighted by molar-refractivity contribution is 9.10. The minimum Gasteiger partial charge on any atom is -0.497 e. The van der Waals surface area contributed by atoms with Gasteiger partial charge in [0.15, 0.2) is 0 Å². The van der Waals surface area contributed by atoms with Gasteiger partial charge in [-0.3, -0.25) is 0 Å². The molecule has 0 spiro atoms. The van der Waals surface area contributed by atoms with E-state index in [9.17, 15) is 4.39 Å². The van der Waals surface area contributed by atoms with Crippen LogP contribution < -0.4 is 9.47 Å². The van der Waals surface area contributed by atoms with Crippen LogP contribution >= 0.6 is 27.7 Å². The maximum atomic E-state index is 13.9. The quantitative estimate of drug-likeness (QED) is 0.521. The van der Waals surface area contributed by atoms with E-state index in [1.54, 1.807) is 44.6 Å². The maximum absolute atomic E-state index is 13.9. The molecule has 0 aliphatic rings. The minimum atomic E-state index is -0.279. The first kappa shape index (κ1) is 17.8. The Morgan fingerprint density at radius 2 is 1.80 bits per heavy atom. The zero-order valence-electron chi connectivity index (χ0n) is 13.5. The fraction of sp³-hybridized carbons (Fsp3) is 0.176. The summed E-state index contributed by atoms with van der Waals surface area (Å²) in [6.45, 7) is 0. The monoisotopic (exact) mass is 424 g/mol. The molecule has 0 atom stereocenters. The second kappa shape index (κ2) is 7.88. The second-order valence-corrected chi connectivity index (χ2v) is 6.84. The lowest BCUT2D eigenvalue weighted by atomic mass is 10.2. The van der Waals surface area contributed by atoms with Crippen molar-refractivity contribution in [2.75, 3.05) is 14.2 Å². The first-order valence-corrected chi connectivity index (χ1v) is 9.00. The largest absolute Gasteiger partial charge is 0.497 e. The van der Waals surface area contributed by atoms with Crippen LogP contribution in [-0.2, 0) is 5.75 Å². The van der Waals surface area contributed by atoms with E-state index < -0.39 is 0 Å². The summed E-state index contributed by atoms with van der Waals surface area (Å²) in [5.74, 6) is 1.70. The summed E-state index contributed by atoms with van der Waals surface area (Å²) in [4.78, 5) is 0. The van der Waals surface area contributed by atoms with Crippen molar-refractivity contribution in [2.45, 2.75) is 11.0 Å². The highest BCUT2D eigenvalue weighted by Gasteiger charge is 2.13. The normalized spacial score (nSPS) is 10.7. The summed E-state index contributed by atoms with van der Waals surface area (Å²) in [5, 5.41) is 8.40. The van der Waals surface area contributed by atoms with E-state index in [0.717, 1.165) is 0 Å². The van der Waals surface area contributed by atoms with Crippen LogP contribution in [0.4, 0.5) is 4.39 Å². The predicted molar refractivity (Wildman–Crippen MR) is 96.5 cm³/mol. The molecule has 0 N–H and O–H groups in total. The van der Waals surface area contributed by atoms with E-state index in [1.807, 2.05) is 0 Å². The average Bonchev–Trinajstić information content (AvgIpc) is 3.09. The molecule has 3 aromatic rings. The number of halogens is 2. The highest BCUT2D eigenvalue weighted by atomic mass is 79.9. The molecular weight excluding hydrogens is 411 g/mol. The lowest BCUT2D eigenvalue weighted by Crippen LogP contribution is -1.88. The van der Waals surface area contributed by atoms with Crippen LogP contribution in [0.5, 0.6) is 11.5 Å². The molecule has 0 radical (unpaired) electrons. The lowest BCUT2D eigenvalue weighted by molar-refractivity contribution is 0.394. The number of aromatic nitrogens is 2. The molecular formula is C17H14BrFN2O3S. The molecule has 3 rings (SSSR count). The smallest absolute Gasteiger partial charge is 0.277 e. The number of thioether (sulfide) groups is 1. The van der Waals surface area contributed by atoms with E-state index in [2.05, 4.69) is 26.1 Å². The first-order valence-electron chi connectivity index (χ1n) is 7.22. The van der Waals surface area contributed by atoms with E-state index in [4.69, 9.17) is 13.9 Å². The molecule has 0 saturated carbocycles. The molecule has 0 amide bonds. The van der Waals surface area contributed by atoms with Crippen molar-refractivity contribution in [3.63, 3.8) is 0 Å². The van der Waals surface area contributed by atoms with Crippen molar-refractivity contribution < 1.29 is 18.3 Å². The Labute approximate surface area is 156 Å². The SMILES string of the molecule is COc1cc(OC)cc(-c2nnc(SCc3ccc(Br)cc3F)o2)c1. The Bertz CT molecular complexity index is 866. The van der Waals surface area contributed by atoms with E-state index in [1.165, 1.54) is 17.8 Å². The topological polar surface area (TPSA) is 57.4 Å². The van der Waals surface area contributed by atoms with Gasteiger partial charge >= 0.3 is 0 Å². The Morgan fingerprint density at radius 1 is 1.08 bits per heavy atom. The van der Waals surface area contributed by atoms with Crippen molar-refractivity contribution in [1.82, 2.24) is 10.2 Å². The van der Waals surface area contributed by atoms with Gasteiger partial charge in [0.05, 0.1) is 14.2 Å². The van der Waals surface area contributed by atoms with Crippen molar-refractivity contribution >= 4 is 27.7 Å². The molecule has 1 aromatic heterocycles. The van der Waals surface area contributed by atoms with Crippen LogP contribution in [-0.4, -0.2) is 24.4 Å². The number of hydrogen-bond donors (Lipinski definition) is 0. The van der Waals surface area contributed by atoms with Crippen molar-refractivity contribution in [1.29, 1.82) is 0 Å². The van der Waals surface area contributed by atoms with E-state index in [0.29, 0.717) is 44.0 Å². The van der Waals surface area contributed by atoms with Gasteiger partial charge in [0.2, 0.25) is 5.89 Å². The molecule has 2 aromatic carbocycles. The molecule has 25 heavy (non-hydrogen) atoms. The summed E-state index contributed by atoms with van der Waals surface area (Å²) in [7, 11) is 3.14. The number of ether oxygens (including phenoxy) is 2. The zero-order valence-corrected chi connectivity index (χ0v) is 15.9. The third-order valence-electron chi connectivity index (χ3n) is 3.37. The van der Waals surface area contributed by atoms with Crippen LogP contribution in [0.3, 0.4) is 0 Å². The van der Waals surface area contributed by atoms with E-state index >= 15 is 0 Å². The second-order valence-electron chi connectivity index (χ2n) is 5.00. The molecule has 0 saturated heterocycles. The third-order valence-corrected chi connectivity index (χ3v) is 4.73. The molecule has 8 heteroatoms. The standard InChI is InChI=1S/C17H14BrFN2O3S/c1-22-13-5-11(6-14(8-13)23-2)16-20-21-17(24-16)25-9-10-3-4-12(18)7-15(10)19/h3-8H,9H2,1-2H3. The predicted octanol–water partition coefficient (Wildman–Crippen LogP) is 4.95. The fourth-order valence-corrected chi connectivity index (χ4v) is 3.18. The Balaban J connectivity index is 1.76. The Kier molecular flexibility index (Phi) is 5.60. The number of hydrogen-bond acceptors (Lipinski definition) is 6. The maximum Gasteiger partial charge on any atom is 0.277 e. The number of nitrogens with zero attached hydrogens (tertiary/aromatic N) is 2. The molecule has 130 valence electrons. The summed E-state index contributed by atoms with van der Waals surface area (Å²) in [5.41, 5.74) is 1.25. The number of benzene rings is 2. The summed E-state index contributed by atoms with van der Waals surface area (Å²) in [6, 6.07) is 10.2. The Hall–Kier alpha value is -2.06. The van der Waals surface area contributed by atoms with Gasteiger partial charge in [0.1, 0.15) is 17.3 Å². The summed E-state index contributed by atoms with van der Waals surface area (Å²) < 4.78 is 30.7. The van der Waals surface area contributed by atoms with Gasteiger partial charge in [-0.1, -0.05) is 33.8 Å². The molecule has 5 nitrogen and oxygen atoms in total. The Morgan fingerprint density at radius 3 is 2.44 bits per heavy atom. The van der Waals surface area contributed by atoms with Gasteiger partial charge in [0, 0.05) is 21.9 Å². The fourth-order valence-electron chi connectivity index (χ4n) is 2.09. The van der Waals surface area contributed by atoms with Gasteiger partial charge in [-0.25, -0.2) is 4.39 Å². The van der Waals surface area contributed by atoms with E-state index in [-0.39, 0.29) is 5.82 Å². The number of rotatable bonds is 6. The van der Waals surface area contributed by atoms with Gasteiger partial charge in [-0.15, -0.1) is 10.2 Å². The minimum absolute atomic E-state index is 0.279. The van der Waals surface area contributed by atoms with Crippen LogP contribution in [0.15, 0.2) is 50.5 Å². The molecule has 0 aliphatic carbocycles. The van der Waals surface area contributed by atoms with Crippen LogP contribution in [0, 0.1) is 5.82 Å². The van der Waals surface area contributed by atoms with Crippen molar-refractivity contribution in [2.24, 2.45) is 0 Å². The number of methoxy groups -OCH3 is 2. The molecule has 0 bridgehead atoms. The summed E-state index contributed by atoms with van der Waals surface area (Å²) in [6.07, 6.45) is 0. The van der Waals surface area contributed by atoms with Crippen molar-refractivity contribution in [3.8, 4) is 23.0 Å². The first-order chi connectivity index (χ1) is 12.1. The molecule has 0 unspecified atom stereocenters. The van der Waals surface area contributed by atoms with Gasteiger partial charge in [-0.05, 0) is 29.8 Å². The van der Waals surface area contributed by atoms with Gasteiger partial charge in [-0.2, -0.15) is 0 Å². The van der Waals surface area contributed by atoms with Crippen LogP contribution in [0.1, 0.15) is 5.56 Å². The summed E-state index contributed by atoms with van der Waals surface area (Å²) >= 11 is 4.51. The average molecular weight is 425 g/mol. The molecule has 0 fully saturated rings. The van der Waals surface area contributed by atoms with Gasteiger partial charge < -0.3 is 13.9 Å². The third kappa shape index (κ3) is 4.32. The zero-order chi connectivity index (χ0) is 17.8.